The van der Waals surface area contributed by atoms with Gasteiger partial charge in [0.25, 0.3) is 0 Å². The summed E-state index contributed by atoms with van der Waals surface area (Å²) < 4.78 is 0. The van der Waals surface area contributed by atoms with Gasteiger partial charge in [-0.1, -0.05) is 33.6 Å². The standard InChI is InChI=1S/C14H31N3O/c1-7-12(8-2)13(17(5)6)10-16-14(18)11(3)9-15-4/h11-13,15H,7-10H2,1-6H3,(H,16,18). The number of rotatable bonds is 9. The molecule has 0 aliphatic carbocycles. The summed E-state index contributed by atoms with van der Waals surface area (Å²) in [6, 6.07) is 0.422. The molecule has 0 fully saturated rings. The second-order valence-electron chi connectivity index (χ2n) is 5.31. The van der Waals surface area contributed by atoms with Crippen molar-refractivity contribution in [1.29, 1.82) is 0 Å². The van der Waals surface area contributed by atoms with Gasteiger partial charge in [0.2, 0.25) is 5.91 Å². The van der Waals surface area contributed by atoms with Gasteiger partial charge in [-0.2, -0.15) is 0 Å². The molecule has 0 aromatic heterocycles. The highest BCUT2D eigenvalue weighted by Crippen LogP contribution is 2.16. The van der Waals surface area contributed by atoms with E-state index in [1.165, 1.54) is 0 Å². The summed E-state index contributed by atoms with van der Waals surface area (Å²) in [7, 11) is 6.05. The monoisotopic (exact) mass is 257 g/mol. The molecule has 4 nitrogen and oxygen atoms in total. The molecule has 0 bridgehead atoms. The third kappa shape index (κ3) is 5.83. The summed E-state index contributed by atoms with van der Waals surface area (Å²) in [6.45, 7) is 7.86. The molecule has 0 aromatic carbocycles. The minimum atomic E-state index is 0.0273. The van der Waals surface area contributed by atoms with Crippen LogP contribution in [0.25, 0.3) is 0 Å². The first kappa shape index (κ1) is 17.4. The lowest BCUT2D eigenvalue weighted by Crippen LogP contribution is -2.46. The van der Waals surface area contributed by atoms with E-state index in [-0.39, 0.29) is 11.8 Å². The van der Waals surface area contributed by atoms with Crippen molar-refractivity contribution in [2.75, 3.05) is 34.2 Å². The van der Waals surface area contributed by atoms with Gasteiger partial charge in [0, 0.05) is 25.0 Å². The molecule has 0 aromatic rings. The molecule has 0 rings (SSSR count). The van der Waals surface area contributed by atoms with E-state index in [1.54, 1.807) is 0 Å². The van der Waals surface area contributed by atoms with Gasteiger partial charge < -0.3 is 15.5 Å². The first-order valence-corrected chi connectivity index (χ1v) is 7.06. The maximum Gasteiger partial charge on any atom is 0.224 e. The number of likely N-dealkylation sites (N-methyl/N-ethyl adjacent to an activating group) is 1. The van der Waals surface area contributed by atoms with Crippen molar-refractivity contribution in [3.63, 3.8) is 0 Å². The van der Waals surface area contributed by atoms with E-state index >= 15 is 0 Å². The summed E-state index contributed by atoms with van der Waals surface area (Å²) in [6.07, 6.45) is 2.31. The van der Waals surface area contributed by atoms with Crippen LogP contribution < -0.4 is 10.6 Å². The van der Waals surface area contributed by atoms with E-state index in [1.807, 2.05) is 14.0 Å². The SMILES string of the molecule is CCC(CC)C(CNC(=O)C(C)CNC)N(C)C. The molecular formula is C14H31N3O. The van der Waals surface area contributed by atoms with Crippen molar-refractivity contribution in [1.82, 2.24) is 15.5 Å². The highest BCUT2D eigenvalue weighted by Gasteiger charge is 2.22. The van der Waals surface area contributed by atoms with Gasteiger partial charge in [0.05, 0.1) is 0 Å². The average Bonchev–Trinajstić information content (AvgIpc) is 2.33. The van der Waals surface area contributed by atoms with E-state index in [4.69, 9.17) is 0 Å². The summed E-state index contributed by atoms with van der Waals surface area (Å²) in [5.74, 6) is 0.807. The first-order chi connectivity index (χ1) is 8.47. The van der Waals surface area contributed by atoms with Crippen LogP contribution >= 0.6 is 0 Å². The predicted octanol–water partition coefficient (Wildman–Crippen LogP) is 1.32. The van der Waals surface area contributed by atoms with Gasteiger partial charge in [-0.15, -0.1) is 0 Å². The molecule has 2 N–H and O–H groups in total. The average molecular weight is 257 g/mol. The smallest absolute Gasteiger partial charge is 0.224 e. The molecule has 108 valence electrons. The van der Waals surface area contributed by atoms with Crippen molar-refractivity contribution >= 4 is 5.91 Å². The van der Waals surface area contributed by atoms with E-state index in [0.29, 0.717) is 12.0 Å². The number of hydrogen-bond acceptors (Lipinski definition) is 3. The van der Waals surface area contributed by atoms with Crippen LogP contribution in [0.3, 0.4) is 0 Å². The number of nitrogens with one attached hydrogen (secondary N) is 2. The summed E-state index contributed by atoms with van der Waals surface area (Å²) >= 11 is 0. The molecular weight excluding hydrogens is 226 g/mol. The highest BCUT2D eigenvalue weighted by molar-refractivity contribution is 5.78. The molecule has 2 atom stereocenters. The first-order valence-electron chi connectivity index (χ1n) is 7.06. The zero-order chi connectivity index (χ0) is 14.1. The van der Waals surface area contributed by atoms with E-state index in [0.717, 1.165) is 25.9 Å². The lowest BCUT2D eigenvalue weighted by Gasteiger charge is -2.31. The van der Waals surface area contributed by atoms with Crippen LogP contribution in [-0.2, 0) is 4.79 Å². The number of hydrogen-bond donors (Lipinski definition) is 2. The molecule has 18 heavy (non-hydrogen) atoms. The third-order valence-corrected chi connectivity index (χ3v) is 3.70. The van der Waals surface area contributed by atoms with Crippen molar-refractivity contribution in [2.24, 2.45) is 11.8 Å². The maximum absolute atomic E-state index is 11.9. The molecule has 0 aliphatic heterocycles. The second kappa shape index (κ2) is 9.34. The quantitative estimate of drug-likeness (QED) is 0.655. The Hall–Kier alpha value is -0.610. The van der Waals surface area contributed by atoms with Gasteiger partial charge in [-0.25, -0.2) is 0 Å². The number of carbonyl (C=O) groups excluding carboxylic acids is 1. The zero-order valence-corrected chi connectivity index (χ0v) is 12.9. The minimum Gasteiger partial charge on any atom is -0.354 e. The molecule has 0 aliphatic rings. The molecule has 2 unspecified atom stereocenters. The van der Waals surface area contributed by atoms with Crippen molar-refractivity contribution in [2.45, 2.75) is 39.7 Å². The van der Waals surface area contributed by atoms with Gasteiger partial charge in [0.15, 0.2) is 0 Å². The van der Waals surface area contributed by atoms with Gasteiger partial charge >= 0.3 is 0 Å². The van der Waals surface area contributed by atoms with E-state index in [2.05, 4.69) is 43.5 Å². The molecule has 0 spiro atoms. The predicted molar refractivity (Wildman–Crippen MR) is 77.6 cm³/mol. The molecule has 0 saturated carbocycles. The van der Waals surface area contributed by atoms with Crippen LogP contribution in [0.1, 0.15) is 33.6 Å². The third-order valence-electron chi connectivity index (χ3n) is 3.70. The Kier molecular flexibility index (Phi) is 9.02. The van der Waals surface area contributed by atoms with E-state index < -0.39 is 0 Å². The fourth-order valence-electron chi connectivity index (χ4n) is 2.38. The van der Waals surface area contributed by atoms with Crippen molar-refractivity contribution < 1.29 is 4.79 Å². The Morgan fingerprint density at radius 1 is 1.17 bits per heavy atom. The summed E-state index contributed by atoms with van der Waals surface area (Å²) in [5, 5.41) is 6.11. The minimum absolute atomic E-state index is 0.0273. The van der Waals surface area contributed by atoms with Crippen molar-refractivity contribution in [3.05, 3.63) is 0 Å². The topological polar surface area (TPSA) is 44.4 Å². The number of nitrogens with zero attached hydrogens (tertiary/aromatic N) is 1. The second-order valence-corrected chi connectivity index (χ2v) is 5.31. The number of carbonyl (C=O) groups is 1. The summed E-state index contributed by atoms with van der Waals surface area (Å²) in [5.41, 5.74) is 0. The largest absolute Gasteiger partial charge is 0.354 e. The normalized spacial score (nSPS) is 14.9. The fraction of sp³-hybridized carbons (Fsp3) is 0.929. The van der Waals surface area contributed by atoms with Gasteiger partial charge in [-0.3, -0.25) is 4.79 Å². The Balaban J connectivity index is 4.31. The molecule has 0 heterocycles. The zero-order valence-electron chi connectivity index (χ0n) is 12.9. The molecule has 0 saturated heterocycles. The summed E-state index contributed by atoms with van der Waals surface area (Å²) in [4.78, 5) is 14.1. The Morgan fingerprint density at radius 2 is 1.72 bits per heavy atom. The van der Waals surface area contributed by atoms with E-state index in [9.17, 15) is 4.79 Å². The molecule has 1 amide bonds. The Labute approximate surface area is 113 Å². The van der Waals surface area contributed by atoms with Crippen molar-refractivity contribution in [3.8, 4) is 0 Å². The lowest BCUT2D eigenvalue weighted by atomic mass is 9.93. The van der Waals surface area contributed by atoms with Crippen LogP contribution in [0, 0.1) is 11.8 Å². The molecule has 4 heteroatoms. The fourth-order valence-corrected chi connectivity index (χ4v) is 2.38. The van der Waals surface area contributed by atoms with Gasteiger partial charge in [-0.05, 0) is 27.1 Å². The van der Waals surface area contributed by atoms with Crippen LogP contribution in [0.5, 0.6) is 0 Å². The van der Waals surface area contributed by atoms with Crippen LogP contribution in [0.15, 0.2) is 0 Å². The van der Waals surface area contributed by atoms with Crippen LogP contribution in [0.2, 0.25) is 0 Å². The van der Waals surface area contributed by atoms with Crippen LogP contribution in [0.4, 0.5) is 0 Å². The molecule has 0 radical (unpaired) electrons. The van der Waals surface area contributed by atoms with Crippen LogP contribution in [-0.4, -0.2) is 51.1 Å². The highest BCUT2D eigenvalue weighted by atomic mass is 16.1. The number of amides is 1. The Morgan fingerprint density at radius 3 is 2.11 bits per heavy atom. The maximum atomic E-state index is 11.9. The Bertz CT molecular complexity index is 227. The van der Waals surface area contributed by atoms with Gasteiger partial charge in [0.1, 0.15) is 0 Å². The lowest BCUT2D eigenvalue weighted by molar-refractivity contribution is -0.124.